The number of rotatable bonds is 5. The third-order valence-electron chi connectivity index (χ3n) is 5.31. The first-order chi connectivity index (χ1) is 13.6. The van der Waals surface area contributed by atoms with Crippen molar-refractivity contribution in [1.29, 1.82) is 0 Å². The van der Waals surface area contributed by atoms with Gasteiger partial charge in [-0.25, -0.2) is 4.98 Å². The van der Waals surface area contributed by atoms with Crippen LogP contribution in [0.3, 0.4) is 0 Å². The Labute approximate surface area is 164 Å². The Morgan fingerprint density at radius 3 is 2.79 bits per heavy atom. The standard InChI is InChI=1S/C22H24N4O2/c1-15-7-2-3-8-16(15)22(28)23-13-12-20(27)26-14-6-11-19(26)21-24-17-9-4-5-10-18(17)25-21/h2-5,7-10,19H,6,11-14H2,1H3,(H,23,28)(H,24,25). The van der Waals surface area contributed by atoms with E-state index in [1.165, 1.54) is 0 Å². The van der Waals surface area contributed by atoms with Crippen LogP contribution in [0.15, 0.2) is 48.5 Å². The maximum absolute atomic E-state index is 12.8. The van der Waals surface area contributed by atoms with Gasteiger partial charge in [0.05, 0.1) is 17.1 Å². The second-order valence-corrected chi connectivity index (χ2v) is 7.21. The number of aryl methyl sites for hydroxylation is 1. The molecule has 0 saturated carbocycles. The normalized spacial score (nSPS) is 16.5. The van der Waals surface area contributed by atoms with Crippen molar-refractivity contribution in [2.24, 2.45) is 0 Å². The summed E-state index contributed by atoms with van der Waals surface area (Å²) in [7, 11) is 0. The number of aromatic amines is 1. The second-order valence-electron chi connectivity index (χ2n) is 7.21. The van der Waals surface area contributed by atoms with Gasteiger partial charge in [-0.15, -0.1) is 0 Å². The van der Waals surface area contributed by atoms with Gasteiger partial charge in [-0.05, 0) is 43.5 Å². The topological polar surface area (TPSA) is 78.1 Å². The molecule has 1 fully saturated rings. The predicted molar refractivity (Wildman–Crippen MR) is 108 cm³/mol. The third-order valence-corrected chi connectivity index (χ3v) is 5.31. The number of carbonyl (C=O) groups excluding carboxylic acids is 2. The lowest BCUT2D eigenvalue weighted by molar-refractivity contribution is -0.132. The molecule has 6 heteroatoms. The van der Waals surface area contributed by atoms with Gasteiger partial charge >= 0.3 is 0 Å². The summed E-state index contributed by atoms with van der Waals surface area (Å²) in [4.78, 5) is 35.0. The zero-order valence-corrected chi connectivity index (χ0v) is 15.9. The van der Waals surface area contributed by atoms with Gasteiger partial charge in [-0.2, -0.15) is 0 Å². The Bertz CT molecular complexity index is 977. The van der Waals surface area contributed by atoms with Crippen molar-refractivity contribution in [3.63, 3.8) is 0 Å². The predicted octanol–water partition coefficient (Wildman–Crippen LogP) is 3.35. The highest BCUT2D eigenvalue weighted by Gasteiger charge is 2.31. The van der Waals surface area contributed by atoms with Crippen LogP contribution >= 0.6 is 0 Å². The summed E-state index contributed by atoms with van der Waals surface area (Å²) in [6.07, 6.45) is 2.15. The van der Waals surface area contributed by atoms with Crippen molar-refractivity contribution >= 4 is 22.8 Å². The molecule has 144 valence electrons. The van der Waals surface area contributed by atoms with Gasteiger partial charge in [-0.1, -0.05) is 30.3 Å². The maximum Gasteiger partial charge on any atom is 0.251 e. The van der Waals surface area contributed by atoms with E-state index in [0.717, 1.165) is 41.8 Å². The fourth-order valence-electron chi connectivity index (χ4n) is 3.83. The van der Waals surface area contributed by atoms with Crippen molar-refractivity contribution < 1.29 is 9.59 Å². The molecule has 28 heavy (non-hydrogen) atoms. The molecule has 1 saturated heterocycles. The molecule has 1 atom stereocenters. The molecule has 1 unspecified atom stereocenters. The third kappa shape index (κ3) is 3.63. The smallest absolute Gasteiger partial charge is 0.251 e. The van der Waals surface area contributed by atoms with Crippen molar-refractivity contribution in [2.75, 3.05) is 13.1 Å². The second kappa shape index (κ2) is 7.84. The maximum atomic E-state index is 12.8. The van der Waals surface area contributed by atoms with Crippen LogP contribution in [0.2, 0.25) is 0 Å². The largest absolute Gasteiger partial charge is 0.352 e. The molecular weight excluding hydrogens is 352 g/mol. The molecule has 2 amide bonds. The lowest BCUT2D eigenvalue weighted by Crippen LogP contribution is -2.34. The molecule has 1 aliphatic heterocycles. The van der Waals surface area contributed by atoms with Gasteiger partial charge in [0.25, 0.3) is 5.91 Å². The van der Waals surface area contributed by atoms with Crippen LogP contribution in [0.1, 0.15) is 47.1 Å². The number of carbonyl (C=O) groups is 2. The van der Waals surface area contributed by atoms with E-state index in [2.05, 4.69) is 15.3 Å². The first-order valence-corrected chi connectivity index (χ1v) is 9.71. The van der Waals surface area contributed by atoms with Gasteiger partial charge in [0.2, 0.25) is 5.91 Å². The van der Waals surface area contributed by atoms with E-state index in [-0.39, 0.29) is 24.3 Å². The van der Waals surface area contributed by atoms with E-state index in [4.69, 9.17) is 0 Å². The number of amides is 2. The zero-order chi connectivity index (χ0) is 19.5. The molecular formula is C22H24N4O2. The lowest BCUT2D eigenvalue weighted by atomic mass is 10.1. The number of likely N-dealkylation sites (tertiary alicyclic amines) is 1. The Kier molecular flexibility index (Phi) is 5.10. The van der Waals surface area contributed by atoms with Crippen LogP contribution in [0, 0.1) is 6.92 Å². The number of aromatic nitrogens is 2. The van der Waals surface area contributed by atoms with E-state index < -0.39 is 0 Å². The highest BCUT2D eigenvalue weighted by molar-refractivity contribution is 5.95. The minimum absolute atomic E-state index is 0.0213. The fraction of sp³-hybridized carbons (Fsp3) is 0.318. The molecule has 0 spiro atoms. The number of nitrogens with one attached hydrogen (secondary N) is 2. The summed E-state index contributed by atoms with van der Waals surface area (Å²) in [6, 6.07) is 15.3. The van der Waals surface area contributed by atoms with Crippen LogP contribution in [0.25, 0.3) is 11.0 Å². The number of imidazole rings is 1. The van der Waals surface area contributed by atoms with Crippen LogP contribution in [0.5, 0.6) is 0 Å². The molecule has 1 aromatic heterocycles. The summed E-state index contributed by atoms with van der Waals surface area (Å²) in [5, 5.41) is 2.86. The monoisotopic (exact) mass is 376 g/mol. The minimum atomic E-state index is -0.138. The highest BCUT2D eigenvalue weighted by atomic mass is 16.2. The first kappa shape index (κ1) is 18.2. The number of fused-ring (bicyclic) bond motifs is 1. The minimum Gasteiger partial charge on any atom is -0.352 e. The summed E-state index contributed by atoms with van der Waals surface area (Å²) in [5.74, 6) is 0.755. The van der Waals surface area contributed by atoms with Gasteiger partial charge in [0.15, 0.2) is 0 Å². The van der Waals surface area contributed by atoms with E-state index in [1.807, 2.05) is 54.3 Å². The number of benzene rings is 2. The Morgan fingerprint density at radius 1 is 1.18 bits per heavy atom. The van der Waals surface area contributed by atoms with Gasteiger partial charge in [0, 0.05) is 25.1 Å². The zero-order valence-electron chi connectivity index (χ0n) is 15.9. The average Bonchev–Trinajstić information content (AvgIpc) is 3.34. The number of nitrogens with zero attached hydrogens (tertiary/aromatic N) is 2. The Balaban J connectivity index is 1.37. The fourth-order valence-corrected chi connectivity index (χ4v) is 3.83. The van der Waals surface area contributed by atoms with Crippen LogP contribution in [-0.2, 0) is 4.79 Å². The Morgan fingerprint density at radius 2 is 1.96 bits per heavy atom. The number of H-pyrrole nitrogens is 1. The van der Waals surface area contributed by atoms with Crippen molar-refractivity contribution in [2.45, 2.75) is 32.2 Å². The molecule has 0 radical (unpaired) electrons. The Hall–Kier alpha value is -3.15. The molecule has 1 aliphatic rings. The van der Waals surface area contributed by atoms with Crippen LogP contribution in [0.4, 0.5) is 0 Å². The molecule has 6 nitrogen and oxygen atoms in total. The molecule has 3 aromatic rings. The van der Waals surface area contributed by atoms with Crippen LogP contribution in [-0.4, -0.2) is 39.8 Å². The van der Waals surface area contributed by atoms with E-state index >= 15 is 0 Å². The number of para-hydroxylation sites is 2. The molecule has 0 bridgehead atoms. The summed E-state index contributed by atoms with van der Waals surface area (Å²) < 4.78 is 0. The highest BCUT2D eigenvalue weighted by Crippen LogP contribution is 2.31. The summed E-state index contributed by atoms with van der Waals surface area (Å²) >= 11 is 0. The van der Waals surface area contributed by atoms with Crippen LogP contribution < -0.4 is 5.32 Å². The lowest BCUT2D eigenvalue weighted by Gasteiger charge is -2.23. The van der Waals surface area contributed by atoms with Gasteiger partial charge in [-0.3, -0.25) is 9.59 Å². The summed E-state index contributed by atoms with van der Waals surface area (Å²) in [6.45, 7) is 2.96. The van der Waals surface area contributed by atoms with E-state index in [0.29, 0.717) is 12.1 Å². The summed E-state index contributed by atoms with van der Waals surface area (Å²) in [5.41, 5.74) is 3.48. The van der Waals surface area contributed by atoms with E-state index in [1.54, 1.807) is 6.07 Å². The molecule has 2 N–H and O–H groups in total. The quantitative estimate of drug-likeness (QED) is 0.717. The first-order valence-electron chi connectivity index (χ1n) is 9.71. The van der Waals surface area contributed by atoms with Crippen molar-refractivity contribution in [3.8, 4) is 0 Å². The molecule has 2 heterocycles. The van der Waals surface area contributed by atoms with Crippen molar-refractivity contribution in [1.82, 2.24) is 20.2 Å². The average molecular weight is 376 g/mol. The van der Waals surface area contributed by atoms with Gasteiger partial charge < -0.3 is 15.2 Å². The SMILES string of the molecule is Cc1ccccc1C(=O)NCCC(=O)N1CCCC1c1nc2ccccc2[nH]1. The molecule has 4 rings (SSSR count). The van der Waals surface area contributed by atoms with Crippen molar-refractivity contribution in [3.05, 3.63) is 65.5 Å². The molecule has 0 aliphatic carbocycles. The molecule has 2 aromatic carbocycles. The van der Waals surface area contributed by atoms with E-state index in [9.17, 15) is 9.59 Å². The van der Waals surface area contributed by atoms with Gasteiger partial charge in [0.1, 0.15) is 5.82 Å². The number of hydrogen-bond acceptors (Lipinski definition) is 3. The number of hydrogen-bond donors (Lipinski definition) is 2.